The van der Waals surface area contributed by atoms with Crippen LogP contribution in [0.25, 0.3) is 0 Å². The van der Waals surface area contributed by atoms with Crippen LogP contribution in [0.2, 0.25) is 0 Å². The Bertz CT molecular complexity index is 265. The average Bonchev–Trinajstić information content (AvgIpc) is 1.88. The molecule has 0 bridgehead atoms. The first-order valence-corrected chi connectivity index (χ1v) is 3.88. The second kappa shape index (κ2) is 6.22. The number of hydrogen-bond donors (Lipinski definition) is 3. The molecule has 0 radical (unpaired) electrons. The van der Waals surface area contributed by atoms with Crippen molar-refractivity contribution in [3.05, 3.63) is 33.4 Å². The van der Waals surface area contributed by atoms with Crippen LogP contribution in [-0.2, 0) is 0 Å². The highest BCUT2D eigenvalue weighted by Gasteiger charge is 1.93. The number of nitrogens with two attached hydrogens (primary N) is 1. The van der Waals surface area contributed by atoms with E-state index in [2.05, 4.69) is 22.6 Å². The lowest BCUT2D eigenvalue weighted by Gasteiger charge is -1.96. The maximum atomic E-state index is 7.11. The Morgan fingerprint density at radius 2 is 2.00 bits per heavy atom. The molecule has 0 heterocycles. The van der Waals surface area contributed by atoms with Crippen molar-refractivity contribution in [2.75, 3.05) is 0 Å². The Morgan fingerprint density at radius 3 is 2.33 bits per heavy atom. The molecule has 0 amide bonds. The molecule has 0 unspecified atom stereocenters. The van der Waals surface area contributed by atoms with E-state index < -0.39 is 0 Å². The van der Waals surface area contributed by atoms with Crippen molar-refractivity contribution in [2.24, 2.45) is 5.73 Å². The highest BCUT2D eigenvalue weighted by atomic mass is 127. The van der Waals surface area contributed by atoms with E-state index >= 15 is 0 Å². The molecule has 3 nitrogen and oxygen atoms in total. The highest BCUT2D eigenvalue weighted by Crippen LogP contribution is 2.06. The van der Waals surface area contributed by atoms with E-state index in [0.29, 0.717) is 0 Å². The van der Waals surface area contributed by atoms with Crippen molar-refractivity contribution in [3.8, 4) is 0 Å². The van der Waals surface area contributed by atoms with Crippen LogP contribution in [0.3, 0.4) is 0 Å². The first-order chi connectivity index (χ1) is 4.70. The average molecular weight is 300 g/mol. The number of hydrogen-bond acceptors (Lipinski definition) is 2. The molecule has 6 N–H and O–H groups in total. The molecule has 5 heteroatoms. The third kappa shape index (κ3) is 3.89. The second-order valence-corrected chi connectivity index (χ2v) is 3.17. The lowest BCUT2D eigenvalue weighted by molar-refractivity contribution is 1.42. The Hall–Kier alpha value is -0.330. The van der Waals surface area contributed by atoms with Gasteiger partial charge in [-0.05, 0) is 34.7 Å². The van der Waals surface area contributed by atoms with E-state index in [1.807, 2.05) is 24.3 Å². The molecule has 0 saturated carbocycles. The fraction of sp³-hybridized carbons (Fsp3) is 0. The summed E-state index contributed by atoms with van der Waals surface area (Å²) < 4.78 is 1.10. The van der Waals surface area contributed by atoms with E-state index in [0.717, 1.165) is 9.13 Å². The summed E-state index contributed by atoms with van der Waals surface area (Å²) in [7, 11) is 0. The summed E-state index contributed by atoms with van der Waals surface area (Å²) in [6, 6.07) is 7.55. The van der Waals surface area contributed by atoms with E-state index in [1.54, 1.807) is 0 Å². The molecule has 0 atom stereocenters. The summed E-state index contributed by atoms with van der Waals surface area (Å²) in [5.41, 5.74) is 6.05. The zero-order chi connectivity index (χ0) is 7.56. The lowest BCUT2D eigenvalue weighted by Crippen LogP contribution is -2.10. The third-order valence-electron chi connectivity index (χ3n) is 1.14. The van der Waals surface area contributed by atoms with Crippen LogP contribution in [0.4, 0.5) is 0 Å². The maximum absolute atomic E-state index is 7.11. The number of benzene rings is 1. The minimum atomic E-state index is 0. The lowest BCUT2D eigenvalue weighted by atomic mass is 10.2. The molecule has 1 aromatic carbocycles. The Kier molecular flexibility index (Phi) is 7.36. The van der Waals surface area contributed by atoms with E-state index in [4.69, 9.17) is 11.1 Å². The van der Waals surface area contributed by atoms with Gasteiger partial charge in [0.25, 0.3) is 0 Å². The van der Waals surface area contributed by atoms with Gasteiger partial charge in [-0.15, -0.1) is 12.4 Å². The van der Waals surface area contributed by atoms with Gasteiger partial charge in [-0.3, -0.25) is 5.41 Å². The number of halogens is 2. The first kappa shape index (κ1) is 14.2. The fourth-order valence-corrected chi connectivity index (χ4v) is 1.20. The molecule has 68 valence electrons. The molecule has 1 aromatic rings. The van der Waals surface area contributed by atoms with Crippen molar-refractivity contribution in [1.82, 2.24) is 6.15 Å². The van der Waals surface area contributed by atoms with Crippen LogP contribution in [0.5, 0.6) is 0 Å². The predicted octanol–water partition coefficient (Wildman–Crippen LogP) is 2.16. The smallest absolute Gasteiger partial charge is 0.122 e. The van der Waals surface area contributed by atoms with Crippen molar-refractivity contribution < 1.29 is 0 Å². The summed E-state index contributed by atoms with van der Waals surface area (Å²) in [6.45, 7) is 0. The normalized spacial score (nSPS) is 7.75. The van der Waals surface area contributed by atoms with Gasteiger partial charge in [0.15, 0.2) is 0 Å². The van der Waals surface area contributed by atoms with Crippen LogP contribution >= 0.6 is 35.0 Å². The van der Waals surface area contributed by atoms with E-state index in [1.165, 1.54) is 0 Å². The molecule has 12 heavy (non-hydrogen) atoms. The van der Waals surface area contributed by atoms with Gasteiger partial charge in [-0.1, -0.05) is 12.1 Å². The summed E-state index contributed by atoms with van der Waals surface area (Å²) >= 11 is 2.19. The zero-order valence-electron chi connectivity index (χ0n) is 6.38. The van der Waals surface area contributed by atoms with E-state index in [-0.39, 0.29) is 24.4 Å². The van der Waals surface area contributed by atoms with E-state index in [9.17, 15) is 0 Å². The molecule has 0 saturated heterocycles. The monoisotopic (exact) mass is 299 g/mol. The molecule has 0 aliphatic heterocycles. The SMILES string of the molecule is Cl.N.N=C(N)c1cccc(I)c1. The van der Waals surface area contributed by atoms with Gasteiger partial charge in [0.05, 0.1) is 0 Å². The Labute approximate surface area is 91.4 Å². The van der Waals surface area contributed by atoms with Crippen molar-refractivity contribution in [2.45, 2.75) is 0 Å². The molecular weight excluding hydrogens is 288 g/mol. The highest BCUT2D eigenvalue weighted by molar-refractivity contribution is 14.1. The molecular formula is C7H11ClIN3. The number of nitrogens with one attached hydrogen (secondary N) is 1. The fourth-order valence-electron chi connectivity index (χ4n) is 0.656. The number of amidine groups is 1. The van der Waals surface area contributed by atoms with Gasteiger partial charge in [-0.2, -0.15) is 0 Å². The predicted molar refractivity (Wildman–Crippen MR) is 62.4 cm³/mol. The van der Waals surface area contributed by atoms with Crippen LogP contribution in [0.15, 0.2) is 24.3 Å². The van der Waals surface area contributed by atoms with Crippen LogP contribution in [0.1, 0.15) is 5.56 Å². The quantitative estimate of drug-likeness (QED) is 0.422. The van der Waals surface area contributed by atoms with Crippen molar-refractivity contribution in [3.63, 3.8) is 0 Å². The van der Waals surface area contributed by atoms with Gasteiger partial charge in [-0.25, -0.2) is 0 Å². The summed E-state index contributed by atoms with van der Waals surface area (Å²) in [5.74, 6) is 0.124. The third-order valence-corrected chi connectivity index (χ3v) is 1.81. The Morgan fingerprint density at radius 1 is 1.42 bits per heavy atom. The summed E-state index contributed by atoms with van der Waals surface area (Å²) in [4.78, 5) is 0. The molecule has 1 rings (SSSR count). The topological polar surface area (TPSA) is 84.9 Å². The molecule has 0 aliphatic carbocycles. The van der Waals surface area contributed by atoms with Gasteiger partial charge in [0, 0.05) is 9.13 Å². The van der Waals surface area contributed by atoms with Crippen LogP contribution in [0, 0.1) is 8.98 Å². The first-order valence-electron chi connectivity index (χ1n) is 2.80. The standard InChI is InChI=1S/C7H7IN2.ClH.H3N/c8-6-3-1-2-5(4-6)7(9)10;;/h1-4H,(H3,9,10);1H;1H3. The second-order valence-electron chi connectivity index (χ2n) is 1.92. The summed E-state index contributed by atoms with van der Waals surface area (Å²) in [5, 5.41) is 7.11. The van der Waals surface area contributed by atoms with Crippen molar-refractivity contribution in [1.29, 1.82) is 5.41 Å². The maximum Gasteiger partial charge on any atom is 0.122 e. The summed E-state index contributed by atoms with van der Waals surface area (Å²) in [6.07, 6.45) is 0. The van der Waals surface area contributed by atoms with Gasteiger partial charge >= 0.3 is 0 Å². The number of nitrogen functional groups attached to an aromatic ring is 1. The van der Waals surface area contributed by atoms with Gasteiger partial charge in [0.1, 0.15) is 5.84 Å². The Balaban J connectivity index is 0. The minimum Gasteiger partial charge on any atom is -0.384 e. The van der Waals surface area contributed by atoms with Gasteiger partial charge in [0.2, 0.25) is 0 Å². The largest absolute Gasteiger partial charge is 0.384 e. The number of rotatable bonds is 1. The van der Waals surface area contributed by atoms with Crippen molar-refractivity contribution >= 4 is 40.8 Å². The molecule has 0 fully saturated rings. The van der Waals surface area contributed by atoms with Crippen LogP contribution in [-0.4, -0.2) is 5.84 Å². The minimum absolute atomic E-state index is 0. The van der Waals surface area contributed by atoms with Gasteiger partial charge < -0.3 is 11.9 Å². The van der Waals surface area contributed by atoms with Crippen LogP contribution < -0.4 is 11.9 Å². The molecule has 0 aromatic heterocycles. The molecule has 0 spiro atoms. The molecule has 0 aliphatic rings. The zero-order valence-corrected chi connectivity index (χ0v) is 9.35.